The van der Waals surface area contributed by atoms with Gasteiger partial charge in [0.05, 0.1) is 35.2 Å². The molecule has 186 valence electrons. The number of thiophene rings is 1. The average Bonchev–Trinajstić information content (AvgIpc) is 3.25. The minimum atomic E-state index is -3.84. The Labute approximate surface area is 213 Å². The Morgan fingerprint density at radius 3 is 2.64 bits per heavy atom. The highest BCUT2D eigenvalue weighted by molar-refractivity contribution is 7.91. The molecule has 5 aromatic rings. The van der Waals surface area contributed by atoms with Crippen molar-refractivity contribution < 1.29 is 8.42 Å². The standard InChI is InChI=1S/C23H22N6O4S3/c1-13-24-10-16(34-13)12-28-20(30)17-8-19(36(32,33)27-23(2)5-6-23)35-21(17)29(22(28)31)11-14-3-4-15-9-25-26-18(15)7-14/h3-4,7-10,27H,5-6,11-12H2,1-2H3,(H,25,26). The molecule has 0 bridgehead atoms. The number of H-pyrrole nitrogens is 1. The number of hydrogen-bond donors (Lipinski definition) is 2. The van der Waals surface area contributed by atoms with E-state index in [1.54, 1.807) is 12.4 Å². The number of aromatic amines is 1. The fourth-order valence-electron chi connectivity index (χ4n) is 4.15. The number of sulfonamides is 1. The summed E-state index contributed by atoms with van der Waals surface area (Å²) >= 11 is 2.35. The van der Waals surface area contributed by atoms with E-state index in [2.05, 4.69) is 19.9 Å². The van der Waals surface area contributed by atoms with E-state index < -0.39 is 26.8 Å². The first-order valence-electron chi connectivity index (χ1n) is 11.3. The van der Waals surface area contributed by atoms with Crippen molar-refractivity contribution >= 4 is 53.8 Å². The summed E-state index contributed by atoms with van der Waals surface area (Å²) in [5.74, 6) is 0. The van der Waals surface area contributed by atoms with E-state index in [0.29, 0.717) is 4.83 Å². The van der Waals surface area contributed by atoms with Gasteiger partial charge in [-0.15, -0.1) is 22.7 Å². The molecule has 1 aliphatic carbocycles. The van der Waals surface area contributed by atoms with E-state index >= 15 is 0 Å². The second-order valence-corrected chi connectivity index (χ2v) is 13.6. The van der Waals surface area contributed by atoms with Gasteiger partial charge in [-0.1, -0.05) is 12.1 Å². The van der Waals surface area contributed by atoms with Gasteiger partial charge in [0.1, 0.15) is 9.04 Å². The van der Waals surface area contributed by atoms with Crippen molar-refractivity contribution in [1.82, 2.24) is 29.0 Å². The van der Waals surface area contributed by atoms with Gasteiger partial charge in [0.25, 0.3) is 15.6 Å². The molecule has 4 heterocycles. The molecular weight excluding hydrogens is 520 g/mol. The van der Waals surface area contributed by atoms with E-state index in [-0.39, 0.29) is 22.7 Å². The normalized spacial score (nSPS) is 15.2. The molecule has 1 fully saturated rings. The summed E-state index contributed by atoms with van der Waals surface area (Å²) in [5, 5.41) is 8.93. The van der Waals surface area contributed by atoms with Crippen LogP contribution in [0, 0.1) is 6.92 Å². The SMILES string of the molecule is Cc1ncc(Cn2c(=O)c3cc(S(=O)(=O)NC4(C)CC4)sc3n(Cc3ccc4cn[nH]c4c3)c2=O)s1. The van der Waals surface area contributed by atoms with E-state index in [1.807, 2.05) is 32.0 Å². The molecule has 13 heteroatoms. The third kappa shape index (κ3) is 4.11. The average molecular weight is 543 g/mol. The first-order chi connectivity index (χ1) is 17.1. The Balaban J connectivity index is 1.53. The number of hydrogen-bond acceptors (Lipinski definition) is 8. The predicted octanol–water partition coefficient (Wildman–Crippen LogP) is 2.79. The van der Waals surface area contributed by atoms with Gasteiger partial charge in [0.2, 0.25) is 0 Å². The zero-order valence-electron chi connectivity index (χ0n) is 19.4. The summed E-state index contributed by atoms with van der Waals surface area (Å²) in [4.78, 5) is 32.4. The third-order valence-electron chi connectivity index (χ3n) is 6.35. The molecule has 1 aromatic carbocycles. The van der Waals surface area contributed by atoms with Crippen LogP contribution in [-0.4, -0.2) is 38.3 Å². The molecule has 10 nitrogen and oxygen atoms in total. The van der Waals surface area contributed by atoms with Crippen molar-refractivity contribution in [2.45, 2.75) is 49.5 Å². The molecule has 0 radical (unpaired) electrons. The Kier molecular flexibility index (Phi) is 5.30. The van der Waals surface area contributed by atoms with Crippen molar-refractivity contribution in [2.75, 3.05) is 0 Å². The van der Waals surface area contributed by atoms with Gasteiger partial charge in [-0.2, -0.15) is 5.10 Å². The van der Waals surface area contributed by atoms with Gasteiger partial charge in [-0.3, -0.25) is 19.0 Å². The molecule has 0 spiro atoms. The minimum absolute atomic E-state index is 0.0197. The minimum Gasteiger partial charge on any atom is -0.280 e. The zero-order valence-corrected chi connectivity index (χ0v) is 21.9. The van der Waals surface area contributed by atoms with Crippen molar-refractivity contribution in [1.29, 1.82) is 0 Å². The quantitative estimate of drug-likeness (QED) is 0.325. The van der Waals surface area contributed by atoms with Crippen LogP contribution >= 0.6 is 22.7 Å². The maximum Gasteiger partial charge on any atom is 0.332 e. The number of aryl methyl sites for hydroxylation is 1. The summed E-state index contributed by atoms with van der Waals surface area (Å²) in [6.45, 7) is 3.93. The van der Waals surface area contributed by atoms with Crippen molar-refractivity contribution in [3.63, 3.8) is 0 Å². The smallest absolute Gasteiger partial charge is 0.280 e. The fourth-order valence-corrected chi connectivity index (χ4v) is 7.84. The molecule has 1 saturated carbocycles. The van der Waals surface area contributed by atoms with E-state index in [4.69, 9.17) is 0 Å². The Morgan fingerprint density at radius 2 is 1.92 bits per heavy atom. The van der Waals surface area contributed by atoms with Crippen molar-refractivity contribution in [3.05, 3.63) is 72.9 Å². The maximum absolute atomic E-state index is 13.7. The summed E-state index contributed by atoms with van der Waals surface area (Å²) in [6, 6.07) is 7.07. The highest BCUT2D eigenvalue weighted by Gasteiger charge is 2.41. The lowest BCUT2D eigenvalue weighted by Crippen LogP contribution is -2.40. The van der Waals surface area contributed by atoms with Crippen LogP contribution in [0.5, 0.6) is 0 Å². The lowest BCUT2D eigenvalue weighted by atomic mass is 10.1. The van der Waals surface area contributed by atoms with Gasteiger partial charge < -0.3 is 0 Å². The van der Waals surface area contributed by atoms with E-state index in [9.17, 15) is 18.0 Å². The maximum atomic E-state index is 13.7. The van der Waals surface area contributed by atoms with Gasteiger partial charge in [0, 0.05) is 22.0 Å². The number of nitrogens with zero attached hydrogens (tertiary/aromatic N) is 4. The molecular formula is C23H22N6O4S3. The molecule has 0 aliphatic heterocycles. The fraction of sp³-hybridized carbons (Fsp3) is 0.304. The zero-order chi connectivity index (χ0) is 25.2. The molecule has 0 amide bonds. The molecule has 2 N–H and O–H groups in total. The van der Waals surface area contributed by atoms with Crippen LogP contribution in [0.15, 0.2) is 50.5 Å². The summed E-state index contributed by atoms with van der Waals surface area (Å²) in [5.41, 5.74) is 0.156. The largest absolute Gasteiger partial charge is 0.332 e. The van der Waals surface area contributed by atoms with Crippen molar-refractivity contribution in [2.24, 2.45) is 0 Å². The topological polar surface area (TPSA) is 132 Å². The Morgan fingerprint density at radius 1 is 1.11 bits per heavy atom. The lowest BCUT2D eigenvalue weighted by molar-refractivity contribution is 0.560. The van der Waals surface area contributed by atoms with Crippen LogP contribution in [0.2, 0.25) is 0 Å². The monoisotopic (exact) mass is 542 g/mol. The summed E-state index contributed by atoms with van der Waals surface area (Å²) in [7, 11) is -3.84. The molecule has 1 aliphatic rings. The third-order valence-corrected chi connectivity index (χ3v) is 10.5. The number of aromatic nitrogens is 5. The number of nitrogens with one attached hydrogen (secondary N) is 2. The van der Waals surface area contributed by atoms with Gasteiger partial charge in [-0.05, 0) is 44.4 Å². The summed E-state index contributed by atoms with van der Waals surface area (Å²) < 4.78 is 31.6. The highest BCUT2D eigenvalue weighted by atomic mass is 32.2. The van der Waals surface area contributed by atoms with E-state index in [0.717, 1.165) is 55.1 Å². The van der Waals surface area contributed by atoms with Crippen LogP contribution < -0.4 is 16.0 Å². The van der Waals surface area contributed by atoms with E-state index in [1.165, 1.54) is 22.0 Å². The van der Waals surface area contributed by atoms with Crippen LogP contribution in [0.3, 0.4) is 0 Å². The second kappa shape index (κ2) is 8.20. The number of fused-ring (bicyclic) bond motifs is 2. The lowest BCUT2D eigenvalue weighted by Gasteiger charge is -2.12. The highest BCUT2D eigenvalue weighted by Crippen LogP contribution is 2.37. The van der Waals surface area contributed by atoms with Gasteiger partial charge >= 0.3 is 5.69 Å². The van der Waals surface area contributed by atoms with Crippen LogP contribution in [0.1, 0.15) is 35.2 Å². The molecule has 36 heavy (non-hydrogen) atoms. The molecule has 0 atom stereocenters. The first-order valence-corrected chi connectivity index (χ1v) is 14.4. The first kappa shape index (κ1) is 23.3. The van der Waals surface area contributed by atoms with Crippen LogP contribution in [0.4, 0.5) is 0 Å². The van der Waals surface area contributed by atoms with Crippen molar-refractivity contribution in [3.8, 4) is 0 Å². The van der Waals surface area contributed by atoms with Crippen LogP contribution in [0.25, 0.3) is 21.1 Å². The summed E-state index contributed by atoms with van der Waals surface area (Å²) in [6.07, 6.45) is 4.89. The predicted molar refractivity (Wildman–Crippen MR) is 139 cm³/mol. The Bertz CT molecular complexity index is 1870. The number of thiazole rings is 1. The number of benzene rings is 1. The molecule has 4 aromatic heterocycles. The van der Waals surface area contributed by atoms with Crippen LogP contribution in [-0.2, 0) is 23.1 Å². The second-order valence-electron chi connectivity index (χ2n) is 9.35. The number of rotatable bonds is 7. The van der Waals surface area contributed by atoms with Gasteiger partial charge in [0.15, 0.2) is 0 Å². The van der Waals surface area contributed by atoms with Gasteiger partial charge in [-0.25, -0.2) is 22.9 Å². The molecule has 6 rings (SSSR count). The molecule has 0 saturated heterocycles. The molecule has 0 unspecified atom stereocenters. The Hall–Kier alpha value is -3.13.